The minimum Gasteiger partial charge on any atom is -0.346 e. The normalized spacial score (nSPS) is 18.8. The summed E-state index contributed by atoms with van der Waals surface area (Å²) in [6.07, 6.45) is 3.81. The lowest BCUT2D eigenvalue weighted by atomic mass is 10.00. The van der Waals surface area contributed by atoms with E-state index in [-0.39, 0.29) is 42.8 Å². The van der Waals surface area contributed by atoms with E-state index in [1.807, 2.05) is 37.3 Å². The van der Waals surface area contributed by atoms with Gasteiger partial charge in [-0.25, -0.2) is 4.68 Å². The third-order valence-corrected chi connectivity index (χ3v) is 5.02. The van der Waals surface area contributed by atoms with Crippen molar-refractivity contribution in [3.05, 3.63) is 47.9 Å². The maximum atomic E-state index is 12.7. The molecule has 1 saturated heterocycles. The fraction of sp³-hybridized carbons (Fsp3) is 0.368. The van der Waals surface area contributed by atoms with Crippen molar-refractivity contribution in [2.75, 3.05) is 6.54 Å². The fourth-order valence-corrected chi connectivity index (χ4v) is 3.46. The molecule has 1 amide bonds. The fourth-order valence-electron chi connectivity index (χ4n) is 3.46. The van der Waals surface area contributed by atoms with E-state index >= 15 is 0 Å². The molecule has 9 heteroatoms. The number of halogens is 2. The zero-order chi connectivity index (χ0) is 18.1. The molecule has 0 spiro atoms. The molecule has 2 aromatic heterocycles. The average Bonchev–Trinajstić information content (AvgIpc) is 3.05. The van der Waals surface area contributed by atoms with Crippen LogP contribution in [0.1, 0.15) is 35.9 Å². The summed E-state index contributed by atoms with van der Waals surface area (Å²) >= 11 is 0. The zero-order valence-electron chi connectivity index (χ0n) is 15.8. The molecule has 1 aliphatic rings. The number of amides is 1. The van der Waals surface area contributed by atoms with Crippen LogP contribution < -0.4 is 10.6 Å². The third kappa shape index (κ3) is 4.27. The Morgan fingerprint density at radius 2 is 2.11 bits per heavy atom. The molecule has 2 unspecified atom stereocenters. The number of pyridine rings is 1. The van der Waals surface area contributed by atoms with Crippen molar-refractivity contribution in [2.45, 2.75) is 38.8 Å². The van der Waals surface area contributed by atoms with Gasteiger partial charge in [0.2, 0.25) is 0 Å². The quantitative estimate of drug-likeness (QED) is 0.677. The lowest BCUT2D eigenvalue weighted by Gasteiger charge is -2.30. The predicted octanol–water partition coefficient (Wildman–Crippen LogP) is 2.84. The average molecular weight is 423 g/mol. The summed E-state index contributed by atoms with van der Waals surface area (Å²) in [6.45, 7) is 4.96. The van der Waals surface area contributed by atoms with Crippen LogP contribution in [0.5, 0.6) is 0 Å². The molecule has 1 aliphatic heterocycles. The Hall–Kier alpha value is -2.22. The molecule has 0 bridgehead atoms. The Balaban J connectivity index is 0.00000140. The van der Waals surface area contributed by atoms with Gasteiger partial charge in [0.1, 0.15) is 0 Å². The molecule has 1 fully saturated rings. The third-order valence-electron chi connectivity index (χ3n) is 5.02. The second kappa shape index (κ2) is 9.32. The van der Waals surface area contributed by atoms with Gasteiger partial charge in [0.25, 0.3) is 5.91 Å². The van der Waals surface area contributed by atoms with Crippen LogP contribution in [0, 0.1) is 6.92 Å². The number of nitrogens with one attached hydrogen (secondary N) is 2. The van der Waals surface area contributed by atoms with E-state index in [1.54, 1.807) is 10.9 Å². The minimum absolute atomic E-state index is 0. The molecule has 2 N–H and O–H groups in total. The van der Waals surface area contributed by atoms with Crippen LogP contribution in [0.15, 0.2) is 36.5 Å². The van der Waals surface area contributed by atoms with E-state index in [1.165, 1.54) is 0 Å². The number of aromatic nitrogens is 4. The molecule has 7 nitrogen and oxygen atoms in total. The monoisotopic (exact) mass is 422 g/mol. The van der Waals surface area contributed by atoms with Crippen LogP contribution in [0.2, 0.25) is 0 Å². The maximum Gasteiger partial charge on any atom is 0.274 e. The van der Waals surface area contributed by atoms with Gasteiger partial charge in [0.05, 0.1) is 16.9 Å². The summed E-state index contributed by atoms with van der Waals surface area (Å²) in [6, 6.07) is 10.2. The Kier molecular flexibility index (Phi) is 7.35. The van der Waals surface area contributed by atoms with Gasteiger partial charge in [-0.3, -0.25) is 9.78 Å². The summed E-state index contributed by atoms with van der Waals surface area (Å²) in [7, 11) is 0. The molecule has 0 aliphatic carbocycles. The smallest absolute Gasteiger partial charge is 0.274 e. The van der Waals surface area contributed by atoms with Crippen molar-refractivity contribution in [3.8, 4) is 5.69 Å². The number of rotatable bonds is 3. The largest absolute Gasteiger partial charge is 0.346 e. The lowest BCUT2D eigenvalue weighted by Crippen LogP contribution is -2.52. The number of carbonyl (C=O) groups excluding carboxylic acids is 1. The van der Waals surface area contributed by atoms with E-state index in [4.69, 9.17) is 0 Å². The van der Waals surface area contributed by atoms with Gasteiger partial charge in [0, 0.05) is 23.7 Å². The van der Waals surface area contributed by atoms with E-state index in [0.717, 1.165) is 41.7 Å². The van der Waals surface area contributed by atoms with E-state index in [9.17, 15) is 4.79 Å². The summed E-state index contributed by atoms with van der Waals surface area (Å²) in [5.41, 5.74) is 2.88. The first kappa shape index (κ1) is 22.1. The minimum atomic E-state index is -0.170. The molecule has 0 radical (unpaired) electrons. The van der Waals surface area contributed by atoms with Gasteiger partial charge in [-0.05, 0) is 57.5 Å². The van der Waals surface area contributed by atoms with Gasteiger partial charge in [-0.1, -0.05) is 11.3 Å². The van der Waals surface area contributed by atoms with Gasteiger partial charge in [0.15, 0.2) is 5.69 Å². The topological polar surface area (TPSA) is 84.7 Å². The van der Waals surface area contributed by atoms with E-state index in [2.05, 4.69) is 32.9 Å². The predicted molar refractivity (Wildman–Crippen MR) is 114 cm³/mol. The Morgan fingerprint density at radius 3 is 2.89 bits per heavy atom. The molecule has 0 saturated carbocycles. The van der Waals surface area contributed by atoms with Gasteiger partial charge in [-0.15, -0.1) is 29.9 Å². The van der Waals surface area contributed by atoms with Crippen LogP contribution in [0.4, 0.5) is 0 Å². The molecule has 4 rings (SSSR count). The first-order valence-corrected chi connectivity index (χ1v) is 8.95. The maximum absolute atomic E-state index is 12.7. The van der Waals surface area contributed by atoms with Gasteiger partial charge < -0.3 is 10.6 Å². The van der Waals surface area contributed by atoms with Crippen LogP contribution in [0.25, 0.3) is 16.6 Å². The highest BCUT2D eigenvalue weighted by Gasteiger charge is 2.25. The van der Waals surface area contributed by atoms with Gasteiger partial charge in [-0.2, -0.15) is 0 Å². The second-order valence-electron chi connectivity index (χ2n) is 6.78. The summed E-state index contributed by atoms with van der Waals surface area (Å²) in [5.74, 6) is -0.170. The first-order valence-electron chi connectivity index (χ1n) is 8.95. The standard InChI is InChI=1S/C19H22N6O.2ClH/c1-12-16(6-4-9-20-12)22-19(26)18-13(2)25(24-23-18)15-7-8-17-14(11-15)5-3-10-21-17;;/h3,5,7-8,10-12,16,20H,4,6,9H2,1-2H3,(H,22,26);2*1H. The van der Waals surface area contributed by atoms with Crippen molar-refractivity contribution in [1.29, 1.82) is 0 Å². The van der Waals surface area contributed by atoms with Crippen molar-refractivity contribution >= 4 is 41.6 Å². The van der Waals surface area contributed by atoms with Crippen molar-refractivity contribution < 1.29 is 4.79 Å². The molecular formula is C19H24Cl2N6O. The highest BCUT2D eigenvalue weighted by molar-refractivity contribution is 5.93. The molecule has 1 aromatic carbocycles. The SMILES string of the molecule is Cc1c(C(=O)NC2CCCNC2C)nnn1-c1ccc2ncccc2c1.Cl.Cl. The van der Waals surface area contributed by atoms with Gasteiger partial charge >= 0.3 is 0 Å². The summed E-state index contributed by atoms with van der Waals surface area (Å²) in [4.78, 5) is 17.0. The molecule has 3 heterocycles. The van der Waals surface area contributed by atoms with Crippen LogP contribution in [0.3, 0.4) is 0 Å². The van der Waals surface area contributed by atoms with Crippen molar-refractivity contribution in [1.82, 2.24) is 30.6 Å². The zero-order valence-corrected chi connectivity index (χ0v) is 17.4. The van der Waals surface area contributed by atoms with Crippen LogP contribution >= 0.6 is 24.8 Å². The summed E-state index contributed by atoms with van der Waals surface area (Å²) in [5, 5.41) is 15.8. The van der Waals surface area contributed by atoms with Crippen LogP contribution in [-0.2, 0) is 0 Å². The number of hydrogen-bond donors (Lipinski definition) is 2. The first-order chi connectivity index (χ1) is 12.6. The molecule has 2 atom stereocenters. The number of benzene rings is 1. The Bertz CT molecular complexity index is 961. The Morgan fingerprint density at radius 1 is 1.29 bits per heavy atom. The number of carbonyl (C=O) groups is 1. The van der Waals surface area contributed by atoms with Crippen molar-refractivity contribution in [2.24, 2.45) is 0 Å². The summed E-state index contributed by atoms with van der Waals surface area (Å²) < 4.78 is 1.70. The molecule has 150 valence electrons. The van der Waals surface area contributed by atoms with Crippen molar-refractivity contribution in [3.63, 3.8) is 0 Å². The highest BCUT2D eigenvalue weighted by Crippen LogP contribution is 2.18. The number of nitrogens with zero attached hydrogens (tertiary/aromatic N) is 4. The molecule has 28 heavy (non-hydrogen) atoms. The van der Waals surface area contributed by atoms with E-state index < -0.39 is 0 Å². The van der Waals surface area contributed by atoms with Crippen LogP contribution in [-0.4, -0.2) is 44.5 Å². The van der Waals surface area contributed by atoms with E-state index in [0.29, 0.717) is 5.69 Å². The number of fused-ring (bicyclic) bond motifs is 1. The lowest BCUT2D eigenvalue weighted by molar-refractivity contribution is 0.0914. The highest BCUT2D eigenvalue weighted by atomic mass is 35.5. The molecule has 3 aromatic rings. The molecular weight excluding hydrogens is 399 g/mol. The Labute approximate surface area is 176 Å². The number of hydrogen-bond acceptors (Lipinski definition) is 5. The second-order valence-corrected chi connectivity index (χ2v) is 6.78. The number of piperidine rings is 1.